The van der Waals surface area contributed by atoms with Gasteiger partial charge in [0, 0.05) is 6.04 Å². The molecular weight excluding hydrogens is 170 g/mol. The zero-order valence-corrected chi connectivity index (χ0v) is 10.2. The molecule has 1 aliphatic carbocycles. The highest BCUT2D eigenvalue weighted by Gasteiger charge is 2.22. The first-order chi connectivity index (χ1) is 6.68. The molecule has 1 heteroatoms. The van der Waals surface area contributed by atoms with E-state index in [1.807, 2.05) is 0 Å². The van der Waals surface area contributed by atoms with Gasteiger partial charge in [0.05, 0.1) is 0 Å². The molecule has 1 rings (SSSR count). The minimum Gasteiger partial charge on any atom is -0.314 e. The van der Waals surface area contributed by atoms with Crippen molar-refractivity contribution in [1.29, 1.82) is 0 Å². The third-order valence-corrected chi connectivity index (χ3v) is 3.08. The Bertz CT molecular complexity index is 138. The largest absolute Gasteiger partial charge is 0.314 e. The maximum atomic E-state index is 3.63. The van der Waals surface area contributed by atoms with Crippen LogP contribution in [0, 0.1) is 11.8 Å². The Kier molecular flexibility index (Phi) is 5.54. The molecule has 1 unspecified atom stereocenters. The molecule has 0 radical (unpaired) electrons. The van der Waals surface area contributed by atoms with Gasteiger partial charge in [0.15, 0.2) is 0 Å². The molecule has 0 spiro atoms. The first-order valence-corrected chi connectivity index (χ1v) is 6.42. The van der Waals surface area contributed by atoms with Crippen molar-refractivity contribution in [1.82, 2.24) is 5.32 Å². The van der Waals surface area contributed by atoms with Gasteiger partial charge in [0.1, 0.15) is 0 Å². The fourth-order valence-electron chi connectivity index (χ4n) is 1.96. The lowest BCUT2D eigenvalue weighted by Crippen LogP contribution is -2.27. The first kappa shape index (κ1) is 12.0. The summed E-state index contributed by atoms with van der Waals surface area (Å²) >= 11 is 0. The van der Waals surface area contributed by atoms with Crippen molar-refractivity contribution in [2.75, 3.05) is 6.54 Å². The third kappa shape index (κ3) is 6.42. The highest BCUT2D eigenvalue weighted by molar-refractivity contribution is 4.77. The number of rotatable bonds is 8. The SMILES string of the molecule is CC(C)CCCCNC(C)CC1CC1. The summed E-state index contributed by atoms with van der Waals surface area (Å²) < 4.78 is 0. The maximum Gasteiger partial charge on any atom is 0.00413 e. The minimum atomic E-state index is 0.751. The highest BCUT2D eigenvalue weighted by atomic mass is 14.9. The number of unbranched alkanes of at least 4 members (excludes halogenated alkanes) is 1. The molecule has 1 saturated carbocycles. The molecular formula is C13H27N. The summed E-state index contributed by atoms with van der Waals surface area (Å²) in [6.07, 6.45) is 8.51. The molecule has 0 saturated heterocycles. The van der Waals surface area contributed by atoms with Crippen molar-refractivity contribution in [2.24, 2.45) is 11.8 Å². The summed E-state index contributed by atoms with van der Waals surface area (Å²) in [4.78, 5) is 0. The van der Waals surface area contributed by atoms with E-state index in [-0.39, 0.29) is 0 Å². The average Bonchev–Trinajstić information content (AvgIpc) is 2.87. The Morgan fingerprint density at radius 2 is 1.86 bits per heavy atom. The van der Waals surface area contributed by atoms with Gasteiger partial charge in [0.25, 0.3) is 0 Å². The minimum absolute atomic E-state index is 0.751. The lowest BCUT2D eigenvalue weighted by Gasteiger charge is -2.13. The molecule has 1 atom stereocenters. The second-order valence-electron chi connectivity index (χ2n) is 5.42. The monoisotopic (exact) mass is 197 g/mol. The summed E-state index contributed by atoms with van der Waals surface area (Å²) in [6.45, 7) is 8.17. The van der Waals surface area contributed by atoms with Gasteiger partial charge in [-0.1, -0.05) is 39.5 Å². The average molecular weight is 197 g/mol. The molecule has 0 aliphatic heterocycles. The van der Waals surface area contributed by atoms with Crippen LogP contribution in [0.2, 0.25) is 0 Å². The Hall–Kier alpha value is -0.0400. The number of hydrogen-bond donors (Lipinski definition) is 1. The zero-order chi connectivity index (χ0) is 10.4. The van der Waals surface area contributed by atoms with E-state index >= 15 is 0 Å². The van der Waals surface area contributed by atoms with Crippen LogP contribution in [0.3, 0.4) is 0 Å². The molecule has 0 bridgehead atoms. The molecule has 14 heavy (non-hydrogen) atoms. The second kappa shape index (κ2) is 6.44. The van der Waals surface area contributed by atoms with Gasteiger partial charge in [-0.25, -0.2) is 0 Å². The summed E-state index contributed by atoms with van der Waals surface area (Å²) in [5.41, 5.74) is 0. The van der Waals surface area contributed by atoms with E-state index in [4.69, 9.17) is 0 Å². The van der Waals surface area contributed by atoms with E-state index in [0.29, 0.717) is 0 Å². The van der Waals surface area contributed by atoms with Gasteiger partial charge in [0.2, 0.25) is 0 Å². The summed E-state index contributed by atoms with van der Waals surface area (Å²) in [5, 5.41) is 3.63. The fraction of sp³-hybridized carbons (Fsp3) is 1.00. The lowest BCUT2D eigenvalue weighted by molar-refractivity contribution is 0.461. The Morgan fingerprint density at radius 3 is 2.43 bits per heavy atom. The molecule has 0 heterocycles. The summed E-state index contributed by atoms with van der Waals surface area (Å²) in [6, 6.07) is 0.751. The quantitative estimate of drug-likeness (QED) is 0.586. The fourth-order valence-corrected chi connectivity index (χ4v) is 1.96. The highest BCUT2D eigenvalue weighted by Crippen LogP contribution is 2.33. The Labute approximate surface area is 89.7 Å². The van der Waals surface area contributed by atoms with Crippen molar-refractivity contribution in [2.45, 2.75) is 65.3 Å². The van der Waals surface area contributed by atoms with Gasteiger partial charge < -0.3 is 5.32 Å². The normalized spacial score (nSPS) is 18.9. The molecule has 0 aromatic carbocycles. The Balaban J connectivity index is 1.82. The van der Waals surface area contributed by atoms with Crippen molar-refractivity contribution >= 4 is 0 Å². The zero-order valence-electron chi connectivity index (χ0n) is 10.2. The lowest BCUT2D eigenvalue weighted by atomic mass is 10.1. The molecule has 0 amide bonds. The van der Waals surface area contributed by atoms with Crippen LogP contribution in [0.15, 0.2) is 0 Å². The van der Waals surface area contributed by atoms with Crippen LogP contribution in [0.25, 0.3) is 0 Å². The van der Waals surface area contributed by atoms with Crippen LogP contribution >= 0.6 is 0 Å². The third-order valence-electron chi connectivity index (χ3n) is 3.08. The van der Waals surface area contributed by atoms with Gasteiger partial charge in [-0.2, -0.15) is 0 Å². The topological polar surface area (TPSA) is 12.0 Å². The van der Waals surface area contributed by atoms with Crippen LogP contribution in [-0.4, -0.2) is 12.6 Å². The molecule has 1 aliphatic rings. The van der Waals surface area contributed by atoms with E-state index in [1.54, 1.807) is 0 Å². The van der Waals surface area contributed by atoms with Crippen LogP contribution in [-0.2, 0) is 0 Å². The van der Waals surface area contributed by atoms with Crippen LogP contribution in [0.4, 0.5) is 0 Å². The molecule has 1 N–H and O–H groups in total. The van der Waals surface area contributed by atoms with E-state index in [2.05, 4.69) is 26.1 Å². The van der Waals surface area contributed by atoms with E-state index < -0.39 is 0 Å². The van der Waals surface area contributed by atoms with Crippen molar-refractivity contribution < 1.29 is 0 Å². The van der Waals surface area contributed by atoms with E-state index in [9.17, 15) is 0 Å². The maximum absolute atomic E-state index is 3.63. The summed E-state index contributed by atoms with van der Waals surface area (Å²) in [5.74, 6) is 1.94. The first-order valence-electron chi connectivity index (χ1n) is 6.42. The van der Waals surface area contributed by atoms with Crippen molar-refractivity contribution in [3.8, 4) is 0 Å². The standard InChI is InChI=1S/C13H27N/c1-11(2)6-4-5-9-14-12(3)10-13-7-8-13/h11-14H,4-10H2,1-3H3. The van der Waals surface area contributed by atoms with Gasteiger partial charge in [-0.05, 0) is 38.1 Å². The van der Waals surface area contributed by atoms with Gasteiger partial charge in [-0.3, -0.25) is 0 Å². The molecule has 0 aromatic heterocycles. The summed E-state index contributed by atoms with van der Waals surface area (Å²) in [7, 11) is 0. The Morgan fingerprint density at radius 1 is 1.14 bits per heavy atom. The van der Waals surface area contributed by atoms with Gasteiger partial charge in [-0.15, -0.1) is 0 Å². The number of hydrogen-bond acceptors (Lipinski definition) is 1. The molecule has 84 valence electrons. The molecule has 0 aromatic rings. The predicted molar refractivity (Wildman–Crippen MR) is 63.5 cm³/mol. The van der Waals surface area contributed by atoms with E-state index in [0.717, 1.165) is 17.9 Å². The smallest absolute Gasteiger partial charge is 0.00413 e. The van der Waals surface area contributed by atoms with Crippen LogP contribution in [0.5, 0.6) is 0 Å². The molecule has 1 nitrogen and oxygen atoms in total. The van der Waals surface area contributed by atoms with Crippen molar-refractivity contribution in [3.05, 3.63) is 0 Å². The van der Waals surface area contributed by atoms with Crippen molar-refractivity contribution in [3.63, 3.8) is 0 Å². The van der Waals surface area contributed by atoms with Gasteiger partial charge >= 0.3 is 0 Å². The number of nitrogens with one attached hydrogen (secondary N) is 1. The van der Waals surface area contributed by atoms with E-state index in [1.165, 1.54) is 45.1 Å². The van der Waals surface area contributed by atoms with Crippen LogP contribution in [0.1, 0.15) is 59.3 Å². The van der Waals surface area contributed by atoms with Crippen LogP contribution < -0.4 is 5.32 Å². The second-order valence-corrected chi connectivity index (χ2v) is 5.42. The molecule has 1 fully saturated rings. The predicted octanol–water partition coefficient (Wildman–Crippen LogP) is 3.59.